The summed E-state index contributed by atoms with van der Waals surface area (Å²) in [4.78, 5) is 13.6. The number of hydrogen-bond acceptors (Lipinski definition) is 4. The van der Waals surface area contributed by atoms with Crippen molar-refractivity contribution in [3.63, 3.8) is 0 Å². The van der Waals surface area contributed by atoms with Gasteiger partial charge in [0.15, 0.2) is 0 Å². The Balaban J connectivity index is 1.64. The fourth-order valence-corrected chi connectivity index (χ4v) is 3.91. The van der Waals surface area contributed by atoms with Crippen LogP contribution in [0.4, 0.5) is 0 Å². The Labute approximate surface area is 168 Å². The van der Waals surface area contributed by atoms with Crippen LogP contribution in [0.25, 0.3) is 6.08 Å². The highest BCUT2D eigenvalue weighted by Crippen LogP contribution is 2.32. The topological polar surface area (TPSA) is 70.4 Å². The van der Waals surface area contributed by atoms with Gasteiger partial charge in [0.2, 0.25) is 0 Å². The van der Waals surface area contributed by atoms with Crippen LogP contribution in [0.2, 0.25) is 0 Å². The minimum absolute atomic E-state index is 0.421. The molecule has 3 rings (SSSR count). The van der Waals surface area contributed by atoms with E-state index in [0.29, 0.717) is 6.04 Å². The van der Waals surface area contributed by atoms with Gasteiger partial charge < -0.3 is 0 Å². The molecule has 1 aromatic heterocycles. The third-order valence-corrected chi connectivity index (χ3v) is 6.26. The van der Waals surface area contributed by atoms with Gasteiger partial charge in [-0.25, -0.2) is 5.48 Å². The molecule has 0 aliphatic carbocycles. The summed E-state index contributed by atoms with van der Waals surface area (Å²) in [6.07, 6.45) is 5.35. The van der Waals surface area contributed by atoms with Crippen molar-refractivity contribution in [3.05, 3.63) is 57.3 Å². The predicted octanol–water partition coefficient (Wildman–Crippen LogP) is 3.62. The fraction of sp³-hybridized carbons (Fsp3) is 0.400. The lowest BCUT2D eigenvalue weighted by molar-refractivity contribution is -0.124. The molecule has 0 spiro atoms. The maximum Gasteiger partial charge on any atom is 0.267 e. The number of hydrogen-bond donors (Lipinski definition) is 2. The van der Waals surface area contributed by atoms with E-state index < -0.39 is 5.91 Å². The zero-order valence-corrected chi connectivity index (χ0v) is 17.2. The number of aromatic nitrogens is 2. The summed E-state index contributed by atoms with van der Waals surface area (Å²) in [6, 6.07) is 8.68. The van der Waals surface area contributed by atoms with E-state index in [1.165, 1.54) is 23.8 Å². The molecule has 2 heterocycles. The van der Waals surface area contributed by atoms with Gasteiger partial charge in [-0.2, -0.15) is 5.10 Å². The molecule has 6 nitrogen and oxygen atoms in total. The van der Waals surface area contributed by atoms with Crippen molar-refractivity contribution >= 4 is 27.9 Å². The van der Waals surface area contributed by atoms with Gasteiger partial charge in [0.1, 0.15) is 0 Å². The van der Waals surface area contributed by atoms with Gasteiger partial charge >= 0.3 is 0 Å². The Kier molecular flexibility index (Phi) is 6.46. The number of hydroxylamine groups is 1. The molecule has 0 radical (unpaired) electrons. The fourth-order valence-electron chi connectivity index (χ4n) is 3.63. The number of rotatable bonds is 6. The molecule has 1 saturated heterocycles. The summed E-state index contributed by atoms with van der Waals surface area (Å²) >= 11 is 3.59. The molecule has 2 N–H and O–H groups in total. The van der Waals surface area contributed by atoms with Crippen molar-refractivity contribution in [1.29, 1.82) is 0 Å². The Morgan fingerprint density at radius 1 is 1.33 bits per heavy atom. The van der Waals surface area contributed by atoms with Crippen LogP contribution in [0, 0.1) is 13.8 Å². The molecule has 7 heteroatoms. The molecule has 0 unspecified atom stereocenters. The number of carbonyl (C=O) groups excluding carboxylic acids is 1. The zero-order chi connectivity index (χ0) is 19.4. The highest BCUT2D eigenvalue weighted by molar-refractivity contribution is 9.10. The Hall–Kier alpha value is -1.96. The standard InChI is InChI=1S/C20H25BrN4O2/c1-14-20(21)15(2)25(22-14)13-12-24-11-3-4-18(24)17-8-5-16(6-9-17)7-10-19(26)23-27/h5-10,18,27H,3-4,11-13H2,1-2H3,(H,23,26)/b10-7+/t18-/m0/s1. The highest BCUT2D eigenvalue weighted by Gasteiger charge is 2.25. The van der Waals surface area contributed by atoms with Crippen LogP contribution in [0.5, 0.6) is 0 Å². The van der Waals surface area contributed by atoms with Crippen LogP contribution in [0.15, 0.2) is 34.8 Å². The smallest absolute Gasteiger partial charge is 0.267 e. The average molecular weight is 433 g/mol. The van der Waals surface area contributed by atoms with Crippen molar-refractivity contribution in [2.24, 2.45) is 0 Å². The molecular weight excluding hydrogens is 408 g/mol. The van der Waals surface area contributed by atoms with E-state index >= 15 is 0 Å². The van der Waals surface area contributed by atoms with Crippen molar-refractivity contribution in [3.8, 4) is 0 Å². The highest BCUT2D eigenvalue weighted by atomic mass is 79.9. The van der Waals surface area contributed by atoms with E-state index in [-0.39, 0.29) is 0 Å². The molecule has 144 valence electrons. The van der Waals surface area contributed by atoms with Crippen LogP contribution >= 0.6 is 15.9 Å². The van der Waals surface area contributed by atoms with Gasteiger partial charge in [-0.15, -0.1) is 0 Å². The number of amides is 1. The quantitative estimate of drug-likeness (QED) is 0.415. The predicted molar refractivity (Wildman–Crippen MR) is 108 cm³/mol. The van der Waals surface area contributed by atoms with Crippen molar-refractivity contribution in [1.82, 2.24) is 20.2 Å². The number of halogens is 1. The minimum atomic E-state index is -0.531. The first-order valence-electron chi connectivity index (χ1n) is 9.15. The van der Waals surface area contributed by atoms with E-state index in [0.717, 1.165) is 41.8 Å². The lowest BCUT2D eigenvalue weighted by Gasteiger charge is -2.25. The second-order valence-corrected chi connectivity index (χ2v) is 7.67. The van der Waals surface area contributed by atoms with Gasteiger partial charge in [0, 0.05) is 24.4 Å². The van der Waals surface area contributed by atoms with E-state index in [1.807, 2.05) is 19.1 Å². The molecule has 0 bridgehead atoms. The monoisotopic (exact) mass is 432 g/mol. The first kappa shape index (κ1) is 19.8. The Bertz CT molecular complexity index is 829. The van der Waals surface area contributed by atoms with E-state index in [2.05, 4.69) is 49.7 Å². The normalized spacial score (nSPS) is 17.7. The number of nitrogens with one attached hydrogen (secondary N) is 1. The molecule has 1 aromatic carbocycles. The third kappa shape index (κ3) is 4.66. The maximum atomic E-state index is 11.1. The van der Waals surface area contributed by atoms with Crippen LogP contribution in [-0.4, -0.2) is 38.9 Å². The summed E-state index contributed by atoms with van der Waals surface area (Å²) in [5.74, 6) is -0.531. The molecule has 1 fully saturated rings. The number of benzene rings is 1. The van der Waals surface area contributed by atoms with Gasteiger partial charge in [0.05, 0.1) is 16.7 Å². The summed E-state index contributed by atoms with van der Waals surface area (Å²) in [5, 5.41) is 13.1. The van der Waals surface area contributed by atoms with Crippen molar-refractivity contribution in [2.75, 3.05) is 13.1 Å². The van der Waals surface area contributed by atoms with E-state index in [9.17, 15) is 4.79 Å². The summed E-state index contributed by atoms with van der Waals surface area (Å²) in [7, 11) is 0. The molecule has 2 aromatic rings. The van der Waals surface area contributed by atoms with Crippen LogP contribution in [-0.2, 0) is 11.3 Å². The summed E-state index contributed by atoms with van der Waals surface area (Å²) < 4.78 is 3.17. The molecule has 1 amide bonds. The van der Waals surface area contributed by atoms with Crippen molar-refractivity contribution in [2.45, 2.75) is 39.3 Å². The lowest BCUT2D eigenvalue weighted by atomic mass is 10.0. The third-order valence-electron chi connectivity index (χ3n) is 5.11. The van der Waals surface area contributed by atoms with Gasteiger partial charge in [-0.3, -0.25) is 19.6 Å². The molecule has 0 saturated carbocycles. The van der Waals surface area contributed by atoms with Crippen LogP contribution < -0.4 is 5.48 Å². The molecule has 1 aliphatic rings. The lowest BCUT2D eigenvalue weighted by Crippen LogP contribution is -2.27. The maximum absolute atomic E-state index is 11.1. The van der Waals surface area contributed by atoms with Crippen LogP contribution in [0.1, 0.15) is 41.4 Å². The average Bonchev–Trinajstić information content (AvgIpc) is 3.25. The second kappa shape index (κ2) is 8.82. The number of aryl methyl sites for hydroxylation is 1. The summed E-state index contributed by atoms with van der Waals surface area (Å²) in [5.41, 5.74) is 6.02. The zero-order valence-electron chi connectivity index (χ0n) is 15.7. The van der Waals surface area contributed by atoms with Gasteiger partial charge in [0.25, 0.3) is 5.91 Å². The summed E-state index contributed by atoms with van der Waals surface area (Å²) in [6.45, 7) is 7.06. The molecule has 27 heavy (non-hydrogen) atoms. The van der Waals surface area contributed by atoms with Crippen molar-refractivity contribution < 1.29 is 10.0 Å². The molecule has 1 aliphatic heterocycles. The minimum Gasteiger partial charge on any atom is -0.294 e. The van der Waals surface area contributed by atoms with E-state index in [4.69, 9.17) is 5.21 Å². The first-order valence-corrected chi connectivity index (χ1v) is 9.94. The largest absolute Gasteiger partial charge is 0.294 e. The van der Waals surface area contributed by atoms with Gasteiger partial charge in [-0.1, -0.05) is 24.3 Å². The molecular formula is C20H25BrN4O2. The number of likely N-dealkylation sites (tertiary alicyclic amines) is 1. The van der Waals surface area contributed by atoms with E-state index in [1.54, 1.807) is 11.6 Å². The first-order chi connectivity index (χ1) is 13.0. The Morgan fingerprint density at radius 3 is 2.70 bits per heavy atom. The molecule has 1 atom stereocenters. The Morgan fingerprint density at radius 2 is 2.07 bits per heavy atom. The van der Waals surface area contributed by atoms with Gasteiger partial charge in [-0.05, 0) is 66.4 Å². The number of carbonyl (C=O) groups is 1. The SMILES string of the molecule is Cc1nn(CCN2CCC[C@H]2c2ccc(/C=C/C(=O)NO)cc2)c(C)c1Br. The second-order valence-electron chi connectivity index (χ2n) is 6.88. The number of nitrogens with zero attached hydrogens (tertiary/aromatic N) is 3. The van der Waals surface area contributed by atoms with Crippen LogP contribution in [0.3, 0.4) is 0 Å².